The fourth-order valence-corrected chi connectivity index (χ4v) is 1.30. The minimum atomic E-state index is 1.04. The molecule has 0 aliphatic heterocycles. The quantitative estimate of drug-likeness (QED) is 0.463. The first kappa shape index (κ1) is 7.35. The third kappa shape index (κ3) is 1.33. The second kappa shape index (κ2) is 2.98. The van der Waals surface area contributed by atoms with E-state index in [1.165, 1.54) is 10.7 Å². The molecule has 0 saturated carbocycles. The lowest BCUT2D eigenvalue weighted by atomic mass is 9.92. The van der Waals surface area contributed by atoms with Gasteiger partial charge in [0.1, 0.15) is 7.85 Å². The number of nitrogens with zero attached hydrogens (tertiary/aromatic N) is 1. The van der Waals surface area contributed by atoms with Gasteiger partial charge in [0.2, 0.25) is 0 Å². The first-order valence-electron chi connectivity index (χ1n) is 4.15. The molecule has 0 unspecified atom stereocenters. The van der Waals surface area contributed by atoms with E-state index in [0.717, 1.165) is 11.8 Å². The summed E-state index contributed by atoms with van der Waals surface area (Å²) in [6.07, 6.45) is 9.30. The molecule has 1 aliphatic carbocycles. The summed E-state index contributed by atoms with van der Waals surface area (Å²) in [6, 6.07) is 4.08. The zero-order chi connectivity index (χ0) is 8.39. The van der Waals surface area contributed by atoms with Gasteiger partial charge in [0.15, 0.2) is 0 Å². The van der Waals surface area contributed by atoms with Crippen LogP contribution in [0.25, 0.3) is 12.2 Å². The van der Waals surface area contributed by atoms with Crippen LogP contribution in [0.4, 0.5) is 0 Å². The average Bonchev–Trinajstić information content (AvgIpc) is 2.29. The molecule has 1 aromatic heterocycles. The Bertz CT molecular complexity index is 431. The largest absolute Gasteiger partial charge is 0.256 e. The van der Waals surface area contributed by atoms with Gasteiger partial charge in [0, 0.05) is 6.20 Å². The van der Waals surface area contributed by atoms with E-state index in [1.54, 1.807) is 0 Å². The Hall–Kier alpha value is -1.31. The van der Waals surface area contributed by atoms with Crippen molar-refractivity contribution in [1.29, 1.82) is 0 Å². The topological polar surface area (TPSA) is 12.9 Å². The molecule has 0 fully saturated rings. The summed E-state index contributed by atoms with van der Waals surface area (Å²) in [5.41, 5.74) is 1.38. The van der Waals surface area contributed by atoms with E-state index in [-0.39, 0.29) is 0 Å². The molecule has 0 aromatic carbocycles. The van der Waals surface area contributed by atoms with Crippen LogP contribution >= 0.6 is 0 Å². The maximum atomic E-state index is 4.28. The van der Waals surface area contributed by atoms with Gasteiger partial charge in [-0.2, -0.15) is 0 Å². The van der Waals surface area contributed by atoms with Gasteiger partial charge in [-0.3, -0.25) is 4.98 Å². The summed E-state index contributed by atoms with van der Waals surface area (Å²) in [5, 5.41) is 2.32. The predicted octanol–water partition coefficient (Wildman–Crippen LogP) is -0.437. The Morgan fingerprint density at radius 1 is 1.33 bits per heavy atom. The van der Waals surface area contributed by atoms with Crippen molar-refractivity contribution in [3.05, 3.63) is 40.4 Å². The van der Waals surface area contributed by atoms with Crippen LogP contribution in [-0.2, 0) is 0 Å². The number of aromatic nitrogens is 1. The SMILES string of the molecule is BC1=CC=c2ncccc2=CC1. The number of pyridine rings is 1. The number of fused-ring (bicyclic) bond motifs is 1. The first-order valence-corrected chi connectivity index (χ1v) is 4.15. The maximum absolute atomic E-state index is 4.28. The van der Waals surface area contributed by atoms with Gasteiger partial charge in [-0.1, -0.05) is 18.2 Å². The van der Waals surface area contributed by atoms with Crippen LogP contribution in [0.2, 0.25) is 0 Å². The number of hydrogen-bond acceptors (Lipinski definition) is 1. The van der Waals surface area contributed by atoms with Crippen molar-refractivity contribution < 1.29 is 0 Å². The van der Waals surface area contributed by atoms with E-state index in [4.69, 9.17) is 0 Å². The van der Waals surface area contributed by atoms with Gasteiger partial charge >= 0.3 is 0 Å². The van der Waals surface area contributed by atoms with Gasteiger partial charge in [0.25, 0.3) is 0 Å². The Morgan fingerprint density at radius 2 is 2.25 bits per heavy atom. The Balaban J connectivity index is 2.72. The van der Waals surface area contributed by atoms with E-state index in [2.05, 4.69) is 37.1 Å². The molecule has 1 aromatic rings. The fourth-order valence-electron chi connectivity index (χ4n) is 1.30. The van der Waals surface area contributed by atoms with Crippen molar-refractivity contribution in [2.45, 2.75) is 6.42 Å². The number of hydrogen-bond donors (Lipinski definition) is 0. The Morgan fingerprint density at radius 3 is 3.17 bits per heavy atom. The lowest BCUT2D eigenvalue weighted by Crippen LogP contribution is -2.26. The van der Waals surface area contributed by atoms with E-state index < -0.39 is 0 Å². The smallest absolute Gasteiger partial charge is 0.134 e. The summed E-state index contributed by atoms with van der Waals surface area (Å²) >= 11 is 0. The molecule has 0 bridgehead atoms. The molecule has 58 valence electrons. The number of rotatable bonds is 0. The fraction of sp³-hybridized carbons (Fsp3) is 0.100. The van der Waals surface area contributed by atoms with Crippen LogP contribution in [0.3, 0.4) is 0 Å². The molecule has 12 heavy (non-hydrogen) atoms. The molecule has 1 heterocycles. The summed E-state index contributed by atoms with van der Waals surface area (Å²) in [5.74, 6) is 0. The van der Waals surface area contributed by atoms with Crippen LogP contribution in [0.15, 0.2) is 29.9 Å². The Labute approximate surface area is 72.6 Å². The summed E-state index contributed by atoms with van der Waals surface area (Å²) in [6.45, 7) is 0. The molecule has 0 N–H and O–H groups in total. The van der Waals surface area contributed by atoms with E-state index in [9.17, 15) is 0 Å². The highest BCUT2D eigenvalue weighted by molar-refractivity contribution is 6.22. The van der Waals surface area contributed by atoms with Gasteiger partial charge in [-0.15, -0.1) is 5.47 Å². The molecular formula is C10H10BN. The highest BCUT2D eigenvalue weighted by Crippen LogP contribution is 1.97. The van der Waals surface area contributed by atoms with Gasteiger partial charge < -0.3 is 0 Å². The lowest BCUT2D eigenvalue weighted by Gasteiger charge is -1.88. The predicted molar refractivity (Wildman–Crippen MR) is 53.7 cm³/mol. The molecule has 0 radical (unpaired) electrons. The van der Waals surface area contributed by atoms with Gasteiger partial charge in [-0.25, -0.2) is 0 Å². The van der Waals surface area contributed by atoms with Crippen molar-refractivity contribution in [3.8, 4) is 0 Å². The standard InChI is InChI=1S/C10H10BN/c11-9-4-3-8-2-1-7-12-10(8)6-5-9/h1-3,5-7H,4,11H2. The van der Waals surface area contributed by atoms with E-state index in [1.807, 2.05) is 12.3 Å². The maximum Gasteiger partial charge on any atom is 0.134 e. The van der Waals surface area contributed by atoms with Gasteiger partial charge in [-0.05, 0) is 23.8 Å². The van der Waals surface area contributed by atoms with Crippen molar-refractivity contribution in [1.82, 2.24) is 4.98 Å². The van der Waals surface area contributed by atoms with E-state index >= 15 is 0 Å². The second-order valence-corrected chi connectivity index (χ2v) is 3.07. The van der Waals surface area contributed by atoms with Crippen LogP contribution in [0, 0.1) is 0 Å². The minimum absolute atomic E-state index is 1.04. The lowest BCUT2D eigenvalue weighted by molar-refractivity contribution is 1.22. The monoisotopic (exact) mass is 155 g/mol. The van der Waals surface area contributed by atoms with Crippen LogP contribution in [-0.4, -0.2) is 12.8 Å². The summed E-state index contributed by atoms with van der Waals surface area (Å²) in [4.78, 5) is 4.28. The van der Waals surface area contributed by atoms with Crippen molar-refractivity contribution in [2.24, 2.45) is 0 Å². The third-order valence-corrected chi connectivity index (χ3v) is 2.04. The molecule has 0 saturated heterocycles. The van der Waals surface area contributed by atoms with Crippen LogP contribution in [0.1, 0.15) is 6.42 Å². The molecule has 0 amide bonds. The van der Waals surface area contributed by atoms with Crippen LogP contribution < -0.4 is 10.6 Å². The summed E-state index contributed by atoms with van der Waals surface area (Å²) in [7, 11) is 2.14. The van der Waals surface area contributed by atoms with Crippen molar-refractivity contribution >= 4 is 20.0 Å². The van der Waals surface area contributed by atoms with Crippen molar-refractivity contribution in [2.75, 3.05) is 0 Å². The zero-order valence-corrected chi connectivity index (χ0v) is 7.12. The molecule has 0 atom stereocenters. The van der Waals surface area contributed by atoms with E-state index in [0.29, 0.717) is 0 Å². The zero-order valence-electron chi connectivity index (χ0n) is 7.12. The van der Waals surface area contributed by atoms with Gasteiger partial charge in [0.05, 0.1) is 5.35 Å². The molecule has 2 rings (SSSR count). The first-order chi connectivity index (χ1) is 5.86. The molecule has 0 spiro atoms. The Kier molecular flexibility index (Phi) is 1.82. The van der Waals surface area contributed by atoms with Crippen LogP contribution in [0.5, 0.6) is 0 Å². The molecule has 2 heteroatoms. The highest BCUT2D eigenvalue weighted by Gasteiger charge is 1.91. The second-order valence-electron chi connectivity index (χ2n) is 3.07. The minimum Gasteiger partial charge on any atom is -0.256 e. The molecular weight excluding hydrogens is 145 g/mol. The average molecular weight is 155 g/mol. The summed E-state index contributed by atoms with van der Waals surface area (Å²) < 4.78 is 0. The number of allylic oxidation sites excluding steroid dienone is 2. The third-order valence-electron chi connectivity index (χ3n) is 2.04. The molecule has 1 nitrogen and oxygen atoms in total. The highest BCUT2D eigenvalue weighted by atomic mass is 14.6. The normalized spacial score (nSPS) is 14.8. The van der Waals surface area contributed by atoms with Crippen molar-refractivity contribution in [3.63, 3.8) is 0 Å². The molecule has 1 aliphatic rings.